The van der Waals surface area contributed by atoms with E-state index in [9.17, 15) is 0 Å². The monoisotopic (exact) mass is 1510 g/mol. The van der Waals surface area contributed by atoms with Crippen LogP contribution in [0.5, 0.6) is 0 Å². The second-order valence-corrected chi connectivity index (χ2v) is 30.9. The summed E-state index contributed by atoms with van der Waals surface area (Å²) in [5.74, 6) is 0.964. The Morgan fingerprint density at radius 1 is 0.237 bits per heavy atom. The largest absolute Gasteiger partial charge is 0.456 e. The predicted octanol–water partition coefficient (Wildman–Crippen LogP) is 31.2. The summed E-state index contributed by atoms with van der Waals surface area (Å²) in [5, 5.41) is 10.7. The second-order valence-electron chi connectivity index (χ2n) is 30.9. The van der Waals surface area contributed by atoms with Crippen molar-refractivity contribution in [2.75, 3.05) is 9.80 Å². The Hall–Kier alpha value is -15.5. The summed E-state index contributed by atoms with van der Waals surface area (Å²) in [4.78, 5) is 4.80. The number of aryl methyl sites for hydroxylation is 1. The van der Waals surface area contributed by atoms with Crippen molar-refractivity contribution in [1.82, 2.24) is 9.13 Å². The molecule has 0 N–H and O–H groups in total. The number of hydrogen-bond donors (Lipinski definition) is 0. The second kappa shape index (κ2) is 28.2. The lowest BCUT2D eigenvalue weighted by Gasteiger charge is -2.28. The van der Waals surface area contributed by atoms with Crippen LogP contribution in [0.2, 0.25) is 0 Å². The molecule has 18 aromatic carbocycles. The number of fused-ring (bicyclic) bond motifs is 13. The third kappa shape index (κ3) is 11.6. The SMILES string of the molecule is C1=Cc2oc3c(-c4cccc(N(c5ccc(-c6cccc(-c7ccc8c(c7)oc7c(-c9cccc(N(c%10ccc(-c%11ccccc%11-n%11c%12ccccc%12c%12ccccc%12%11)cc%10)c%10ccccc%10-c%10ccc%11ccccc%11c%10)c9)cccc78)c6)cc5)c5ccc(-c6ccccc6-n6c7ccccc7c7ccccc76)cc5)c4)cccc3c2CC1. The van der Waals surface area contributed by atoms with E-state index in [2.05, 4.69) is 444 Å². The van der Waals surface area contributed by atoms with Crippen molar-refractivity contribution in [1.29, 1.82) is 0 Å². The van der Waals surface area contributed by atoms with E-state index in [0.29, 0.717) is 0 Å². The molecule has 22 aromatic rings. The highest BCUT2D eigenvalue weighted by Gasteiger charge is 2.25. The number of nitrogens with zero attached hydrogens (tertiary/aromatic N) is 4. The molecule has 0 fully saturated rings. The lowest BCUT2D eigenvalue weighted by atomic mass is 9.97. The van der Waals surface area contributed by atoms with E-state index >= 15 is 0 Å². The molecular formula is C112H74N4O2. The summed E-state index contributed by atoms with van der Waals surface area (Å²) in [6.45, 7) is 0. The number of furan rings is 2. The number of allylic oxidation sites excluding steroid dienone is 1. The Bertz CT molecular complexity index is 7650. The maximum atomic E-state index is 7.16. The van der Waals surface area contributed by atoms with Crippen LogP contribution in [0.1, 0.15) is 17.7 Å². The van der Waals surface area contributed by atoms with Crippen molar-refractivity contribution in [3.63, 3.8) is 0 Å². The first-order valence-electron chi connectivity index (χ1n) is 40.6. The van der Waals surface area contributed by atoms with Gasteiger partial charge in [0.25, 0.3) is 0 Å². The fourth-order valence-electron chi connectivity index (χ4n) is 18.7. The minimum Gasteiger partial charge on any atom is -0.456 e. The summed E-state index contributed by atoms with van der Waals surface area (Å²) >= 11 is 0. The van der Waals surface area contributed by atoms with Gasteiger partial charge in [0.05, 0.1) is 39.1 Å². The van der Waals surface area contributed by atoms with Gasteiger partial charge in [-0.25, -0.2) is 0 Å². The van der Waals surface area contributed by atoms with Crippen LogP contribution in [-0.4, -0.2) is 9.13 Å². The van der Waals surface area contributed by atoms with Crippen LogP contribution in [0.3, 0.4) is 0 Å². The number of para-hydroxylation sites is 9. The van der Waals surface area contributed by atoms with E-state index in [4.69, 9.17) is 8.83 Å². The highest BCUT2D eigenvalue weighted by molar-refractivity contribution is 6.13. The number of benzene rings is 18. The molecule has 0 unspecified atom stereocenters. The van der Waals surface area contributed by atoms with Crippen LogP contribution < -0.4 is 9.80 Å². The highest BCUT2D eigenvalue weighted by Crippen LogP contribution is 2.49. The average Bonchev–Trinajstić information content (AvgIpc) is 1.58. The summed E-state index contributed by atoms with van der Waals surface area (Å²) in [6, 6.07) is 151. The fraction of sp³-hybridized carbons (Fsp3) is 0.0179. The number of anilines is 6. The van der Waals surface area contributed by atoms with E-state index in [1.807, 2.05) is 0 Å². The van der Waals surface area contributed by atoms with Gasteiger partial charge in [0.15, 0.2) is 0 Å². The smallest absolute Gasteiger partial charge is 0.143 e. The van der Waals surface area contributed by atoms with Crippen molar-refractivity contribution < 1.29 is 8.83 Å². The third-order valence-electron chi connectivity index (χ3n) is 24.2. The van der Waals surface area contributed by atoms with Gasteiger partial charge in [-0.2, -0.15) is 0 Å². The minimum atomic E-state index is 0.832. The molecule has 0 radical (unpaired) electrons. The molecule has 0 atom stereocenters. The van der Waals surface area contributed by atoms with Gasteiger partial charge in [-0.05, 0) is 207 Å². The lowest BCUT2D eigenvalue weighted by molar-refractivity contribution is 0.596. The van der Waals surface area contributed by atoms with E-state index in [-0.39, 0.29) is 0 Å². The fourth-order valence-corrected chi connectivity index (χ4v) is 18.7. The molecule has 4 heterocycles. The molecule has 1 aliphatic carbocycles. The van der Waals surface area contributed by atoms with Crippen molar-refractivity contribution in [3.8, 4) is 89.3 Å². The van der Waals surface area contributed by atoms with Crippen LogP contribution in [0.25, 0.3) is 183 Å². The van der Waals surface area contributed by atoms with Gasteiger partial charge in [-0.15, -0.1) is 0 Å². The first kappa shape index (κ1) is 68.1. The quantitative estimate of drug-likeness (QED) is 0.103. The molecule has 0 spiro atoms. The van der Waals surface area contributed by atoms with Gasteiger partial charge in [0, 0.05) is 99.5 Å². The minimum absolute atomic E-state index is 0.832. The maximum absolute atomic E-state index is 7.16. The standard InChI is InChI=1S/C112H74N4O2/c1-2-25-77-69-83(53-52-73(77)24-1)91-34-5-11-44-102(91)114(86-65-58-76(59-66-86)90-33-4-13-46-104(90)116-107-49-16-8-37-96(107)97-38-9-17-50-108(97)116)88-31-21-29-82(71-88)93-41-23-43-101-99-67-60-80(72-110(99)118-112(93)101)79-27-19-26-78(68-79)74-54-61-84(62-55-74)113(87-30-20-28-81(70-87)92-40-22-42-100-98-39-10-18-51-109(98)117-111(92)100)85-63-56-75(57-64-85)89-32-3-12-45-103(89)115-105-47-14-6-35-94(105)95-36-7-15-48-106(95)115/h1-9,11-38,40-72H,10,39H2. The van der Waals surface area contributed by atoms with E-state index in [0.717, 1.165) is 170 Å². The topological polar surface area (TPSA) is 42.6 Å². The predicted molar refractivity (Wildman–Crippen MR) is 494 cm³/mol. The summed E-state index contributed by atoms with van der Waals surface area (Å²) in [5.41, 5.74) is 32.6. The van der Waals surface area contributed by atoms with Crippen LogP contribution in [0.15, 0.2) is 427 Å². The van der Waals surface area contributed by atoms with Gasteiger partial charge >= 0.3 is 0 Å². The van der Waals surface area contributed by atoms with Gasteiger partial charge in [-0.3, -0.25) is 0 Å². The maximum Gasteiger partial charge on any atom is 0.143 e. The summed E-state index contributed by atoms with van der Waals surface area (Å²) in [7, 11) is 0. The Labute approximate surface area is 682 Å². The molecule has 554 valence electrons. The summed E-state index contributed by atoms with van der Waals surface area (Å²) in [6.07, 6.45) is 6.34. The van der Waals surface area contributed by atoms with E-state index < -0.39 is 0 Å². The zero-order valence-electron chi connectivity index (χ0n) is 64.4. The molecule has 0 saturated carbocycles. The van der Waals surface area contributed by atoms with Gasteiger partial charge in [-0.1, -0.05) is 291 Å². The molecule has 0 saturated heterocycles. The highest BCUT2D eigenvalue weighted by atomic mass is 16.3. The Kier molecular flexibility index (Phi) is 16.3. The van der Waals surface area contributed by atoms with Crippen LogP contribution in [-0.2, 0) is 6.42 Å². The number of rotatable bonds is 15. The number of aromatic nitrogens is 2. The van der Waals surface area contributed by atoms with E-state index in [1.54, 1.807) is 0 Å². The molecule has 6 heteroatoms. The Morgan fingerprint density at radius 3 is 1.25 bits per heavy atom. The van der Waals surface area contributed by atoms with Crippen molar-refractivity contribution in [2.45, 2.75) is 12.8 Å². The van der Waals surface area contributed by atoms with E-state index in [1.165, 1.54) is 65.3 Å². The molecular weight excluding hydrogens is 1430 g/mol. The average molecular weight is 1510 g/mol. The van der Waals surface area contributed by atoms with Gasteiger partial charge in [0.2, 0.25) is 0 Å². The normalized spacial score (nSPS) is 12.1. The Balaban J connectivity index is 0.580. The van der Waals surface area contributed by atoms with Crippen LogP contribution in [0, 0.1) is 0 Å². The van der Waals surface area contributed by atoms with Crippen LogP contribution in [0.4, 0.5) is 34.1 Å². The third-order valence-corrected chi connectivity index (χ3v) is 24.2. The lowest BCUT2D eigenvalue weighted by Crippen LogP contribution is -2.11. The Morgan fingerprint density at radius 2 is 0.653 bits per heavy atom. The molecule has 118 heavy (non-hydrogen) atoms. The van der Waals surface area contributed by atoms with Crippen molar-refractivity contribution in [2.24, 2.45) is 0 Å². The number of hydrogen-bond acceptors (Lipinski definition) is 4. The zero-order valence-corrected chi connectivity index (χ0v) is 64.4. The van der Waals surface area contributed by atoms with Crippen LogP contribution >= 0.6 is 0 Å². The molecule has 1 aliphatic rings. The first-order valence-corrected chi connectivity index (χ1v) is 40.6. The molecule has 23 rings (SSSR count). The molecule has 6 nitrogen and oxygen atoms in total. The van der Waals surface area contributed by atoms with Gasteiger partial charge in [0.1, 0.15) is 22.5 Å². The van der Waals surface area contributed by atoms with Crippen molar-refractivity contribution in [3.05, 3.63) is 430 Å². The first-order chi connectivity index (χ1) is 58.5. The summed E-state index contributed by atoms with van der Waals surface area (Å²) < 4.78 is 18.7. The molecule has 0 aliphatic heterocycles. The molecule has 4 aromatic heterocycles. The molecule has 0 bridgehead atoms. The zero-order chi connectivity index (χ0) is 77.7. The van der Waals surface area contributed by atoms with Crippen molar-refractivity contribution >= 4 is 127 Å². The van der Waals surface area contributed by atoms with Gasteiger partial charge < -0.3 is 27.8 Å². The molecule has 0 amide bonds.